The van der Waals surface area contributed by atoms with E-state index in [9.17, 15) is 13.2 Å². The van der Waals surface area contributed by atoms with Gasteiger partial charge in [-0.1, -0.05) is 29.8 Å². The number of sulfonamides is 1. The SMILES string of the molecule is Cc1ccc(S(=O)(=O)N2C[C@H](C(=O)Nc3cc(C)cc(C)c3)Oc3cc(C)ccc32)cc1. The van der Waals surface area contributed by atoms with Crippen LogP contribution in [0, 0.1) is 27.7 Å². The molecule has 0 fully saturated rings. The second-order valence-corrected chi connectivity index (χ2v) is 10.2. The molecule has 0 aromatic heterocycles. The fourth-order valence-corrected chi connectivity index (χ4v) is 5.31. The van der Waals surface area contributed by atoms with E-state index in [1.54, 1.807) is 36.4 Å². The molecule has 1 aliphatic rings. The highest BCUT2D eigenvalue weighted by Gasteiger charge is 2.37. The van der Waals surface area contributed by atoms with E-state index in [1.807, 2.05) is 52.0 Å². The summed E-state index contributed by atoms with van der Waals surface area (Å²) in [7, 11) is -3.88. The quantitative estimate of drug-likeness (QED) is 0.634. The van der Waals surface area contributed by atoms with Crippen molar-refractivity contribution in [3.63, 3.8) is 0 Å². The molecule has 3 aromatic carbocycles. The van der Waals surface area contributed by atoms with E-state index in [4.69, 9.17) is 4.74 Å². The zero-order valence-electron chi connectivity index (χ0n) is 18.5. The van der Waals surface area contributed by atoms with Gasteiger partial charge in [0.15, 0.2) is 6.10 Å². The monoisotopic (exact) mass is 450 g/mol. The minimum Gasteiger partial charge on any atom is -0.476 e. The van der Waals surface area contributed by atoms with Gasteiger partial charge in [0.2, 0.25) is 0 Å². The third-order valence-electron chi connectivity index (χ3n) is 5.38. The predicted molar refractivity (Wildman–Crippen MR) is 126 cm³/mol. The van der Waals surface area contributed by atoms with Crippen LogP contribution in [-0.4, -0.2) is 27.0 Å². The maximum Gasteiger partial charge on any atom is 0.267 e. The number of fused-ring (bicyclic) bond motifs is 1. The first kappa shape index (κ1) is 21.9. The van der Waals surface area contributed by atoms with E-state index in [-0.39, 0.29) is 11.4 Å². The third kappa shape index (κ3) is 4.34. The van der Waals surface area contributed by atoms with E-state index in [0.29, 0.717) is 17.1 Å². The van der Waals surface area contributed by atoms with E-state index in [0.717, 1.165) is 22.3 Å². The van der Waals surface area contributed by atoms with Crippen molar-refractivity contribution in [1.82, 2.24) is 0 Å². The largest absolute Gasteiger partial charge is 0.476 e. The van der Waals surface area contributed by atoms with Crippen molar-refractivity contribution in [3.8, 4) is 5.75 Å². The Bertz CT molecular complexity index is 1260. The lowest BCUT2D eigenvalue weighted by molar-refractivity contribution is -0.122. The van der Waals surface area contributed by atoms with E-state index >= 15 is 0 Å². The maximum atomic E-state index is 13.5. The molecule has 1 N–H and O–H groups in total. The summed E-state index contributed by atoms with van der Waals surface area (Å²) >= 11 is 0. The van der Waals surface area contributed by atoms with Gasteiger partial charge in [0.1, 0.15) is 5.75 Å². The van der Waals surface area contributed by atoms with E-state index in [1.165, 1.54) is 4.31 Å². The van der Waals surface area contributed by atoms with Crippen LogP contribution in [0.2, 0.25) is 0 Å². The lowest BCUT2D eigenvalue weighted by Crippen LogP contribution is -2.48. The Labute approximate surface area is 188 Å². The van der Waals surface area contributed by atoms with Gasteiger partial charge in [0.25, 0.3) is 15.9 Å². The number of ether oxygens (including phenoxy) is 1. The molecule has 1 atom stereocenters. The molecule has 1 aliphatic heterocycles. The Hall–Kier alpha value is -3.32. The van der Waals surface area contributed by atoms with E-state index in [2.05, 4.69) is 5.32 Å². The normalized spacial score (nSPS) is 15.6. The molecule has 0 saturated heterocycles. The standard InChI is InChI=1S/C25H26N2O4S/c1-16-5-8-21(9-6-16)32(29,30)27-15-24(31-23-14-17(2)7-10-22(23)27)25(28)26-20-12-18(3)11-19(4)13-20/h5-14,24H,15H2,1-4H3,(H,26,28)/t24-/m1/s1. The molecule has 0 saturated carbocycles. The molecule has 0 aliphatic carbocycles. The Morgan fingerprint density at radius 1 is 0.875 bits per heavy atom. The van der Waals surface area contributed by atoms with Crippen molar-refractivity contribution in [2.24, 2.45) is 0 Å². The smallest absolute Gasteiger partial charge is 0.267 e. The molecule has 0 radical (unpaired) electrons. The molecule has 7 heteroatoms. The molecule has 1 amide bonds. The van der Waals surface area contributed by atoms with Crippen molar-refractivity contribution in [1.29, 1.82) is 0 Å². The number of anilines is 2. The summed E-state index contributed by atoms with van der Waals surface area (Å²) in [6.07, 6.45) is -0.995. The highest BCUT2D eigenvalue weighted by molar-refractivity contribution is 7.92. The second kappa shape index (κ2) is 8.31. The molecule has 166 valence electrons. The van der Waals surface area contributed by atoms with Crippen molar-refractivity contribution in [2.75, 3.05) is 16.2 Å². The van der Waals surface area contributed by atoms with Gasteiger partial charge in [-0.15, -0.1) is 0 Å². The summed E-state index contributed by atoms with van der Waals surface area (Å²) in [6.45, 7) is 7.57. The van der Waals surface area contributed by atoms with Gasteiger partial charge < -0.3 is 10.1 Å². The molecular weight excluding hydrogens is 424 g/mol. The average molecular weight is 451 g/mol. The van der Waals surface area contributed by atoms with Crippen LogP contribution >= 0.6 is 0 Å². The van der Waals surface area contributed by atoms with Crippen LogP contribution in [0.15, 0.2) is 65.6 Å². The zero-order valence-corrected chi connectivity index (χ0v) is 19.4. The first-order valence-corrected chi connectivity index (χ1v) is 11.8. The Morgan fingerprint density at radius 2 is 1.50 bits per heavy atom. The summed E-state index contributed by atoms with van der Waals surface area (Å²) in [5, 5.41) is 2.87. The van der Waals surface area contributed by atoms with Crippen molar-refractivity contribution < 1.29 is 17.9 Å². The molecule has 0 spiro atoms. The minimum absolute atomic E-state index is 0.122. The number of aryl methyl sites for hydroxylation is 4. The van der Waals surface area contributed by atoms with Crippen LogP contribution in [-0.2, 0) is 14.8 Å². The van der Waals surface area contributed by atoms with E-state index < -0.39 is 22.0 Å². The number of hydrogen-bond acceptors (Lipinski definition) is 4. The molecule has 3 aromatic rings. The minimum atomic E-state index is -3.88. The summed E-state index contributed by atoms with van der Waals surface area (Å²) < 4.78 is 34.2. The van der Waals surface area contributed by atoms with Gasteiger partial charge in [-0.3, -0.25) is 9.10 Å². The fourth-order valence-electron chi connectivity index (χ4n) is 3.83. The van der Waals surface area contributed by atoms with Gasteiger partial charge >= 0.3 is 0 Å². The van der Waals surface area contributed by atoms with Crippen LogP contribution in [0.1, 0.15) is 22.3 Å². The lowest BCUT2D eigenvalue weighted by atomic mass is 10.1. The summed E-state index contributed by atoms with van der Waals surface area (Å²) in [4.78, 5) is 13.3. The Kier molecular flexibility index (Phi) is 5.69. The van der Waals surface area contributed by atoms with Crippen LogP contribution in [0.5, 0.6) is 5.75 Å². The highest BCUT2D eigenvalue weighted by Crippen LogP contribution is 2.38. The average Bonchev–Trinajstić information content (AvgIpc) is 2.72. The first-order chi connectivity index (χ1) is 15.1. The zero-order chi connectivity index (χ0) is 23.0. The highest BCUT2D eigenvalue weighted by atomic mass is 32.2. The Morgan fingerprint density at radius 3 is 2.16 bits per heavy atom. The predicted octanol–water partition coefficient (Wildman–Crippen LogP) is 4.52. The number of benzene rings is 3. The molecule has 0 bridgehead atoms. The molecule has 6 nitrogen and oxygen atoms in total. The van der Waals surface area contributed by atoms with Gasteiger partial charge in [-0.2, -0.15) is 0 Å². The fraction of sp³-hybridized carbons (Fsp3) is 0.240. The van der Waals surface area contributed by atoms with Gasteiger partial charge in [0, 0.05) is 5.69 Å². The topological polar surface area (TPSA) is 75.7 Å². The Balaban J connectivity index is 1.69. The number of amides is 1. The summed E-state index contributed by atoms with van der Waals surface area (Å²) in [5.74, 6) is -0.0289. The second-order valence-electron chi connectivity index (χ2n) is 8.29. The molecule has 0 unspecified atom stereocenters. The molecule has 32 heavy (non-hydrogen) atoms. The molecular formula is C25H26N2O4S. The maximum absolute atomic E-state index is 13.5. The van der Waals surface area contributed by atoms with Crippen molar-refractivity contribution >= 4 is 27.3 Å². The van der Waals surface area contributed by atoms with Crippen LogP contribution in [0.25, 0.3) is 0 Å². The van der Waals surface area contributed by atoms with Crippen LogP contribution < -0.4 is 14.4 Å². The third-order valence-corrected chi connectivity index (χ3v) is 7.17. The summed E-state index contributed by atoms with van der Waals surface area (Å²) in [6, 6.07) is 17.7. The van der Waals surface area contributed by atoms with Gasteiger partial charge in [-0.25, -0.2) is 8.42 Å². The van der Waals surface area contributed by atoms with Gasteiger partial charge in [-0.05, 0) is 80.8 Å². The van der Waals surface area contributed by atoms with Gasteiger partial charge in [0.05, 0.1) is 17.1 Å². The number of carbonyl (C=O) groups is 1. The lowest BCUT2D eigenvalue weighted by Gasteiger charge is -2.35. The number of hydrogen-bond donors (Lipinski definition) is 1. The van der Waals surface area contributed by atoms with Crippen LogP contribution in [0.3, 0.4) is 0 Å². The first-order valence-electron chi connectivity index (χ1n) is 10.4. The number of nitrogens with one attached hydrogen (secondary N) is 1. The molecule has 4 rings (SSSR count). The van der Waals surface area contributed by atoms with Crippen molar-refractivity contribution in [2.45, 2.75) is 38.7 Å². The van der Waals surface area contributed by atoms with Crippen LogP contribution in [0.4, 0.5) is 11.4 Å². The number of carbonyl (C=O) groups excluding carboxylic acids is 1. The molecule has 1 heterocycles. The number of nitrogens with zero attached hydrogens (tertiary/aromatic N) is 1. The summed E-state index contributed by atoms with van der Waals surface area (Å²) in [5.41, 5.74) is 4.99. The number of rotatable bonds is 4. The van der Waals surface area contributed by atoms with Crippen molar-refractivity contribution in [3.05, 3.63) is 82.9 Å².